The predicted octanol–water partition coefficient (Wildman–Crippen LogP) is 14.4. The Morgan fingerprint density at radius 3 is 1.85 bits per heavy atom. The average Bonchev–Trinajstić information content (AvgIpc) is 3.69. The van der Waals surface area contributed by atoms with E-state index in [0.29, 0.717) is 11.6 Å². The summed E-state index contributed by atoms with van der Waals surface area (Å²) in [4.78, 5) is 7.11. The van der Waals surface area contributed by atoms with Gasteiger partial charge >= 0.3 is 0 Å². The van der Waals surface area contributed by atoms with Crippen LogP contribution in [0.15, 0.2) is 211 Å². The van der Waals surface area contributed by atoms with Crippen LogP contribution >= 0.6 is 0 Å². The summed E-state index contributed by atoms with van der Waals surface area (Å²) in [6.07, 6.45) is 0. The molecular weight excluding hydrogens is 673 g/mol. The van der Waals surface area contributed by atoms with Crippen LogP contribution in [0.1, 0.15) is 0 Å². The van der Waals surface area contributed by atoms with Gasteiger partial charge in [-0.2, -0.15) is 0 Å². The van der Waals surface area contributed by atoms with Gasteiger partial charge in [-0.3, -0.25) is 0 Å². The molecule has 1 heterocycles. The van der Waals surface area contributed by atoms with Crippen LogP contribution in [0.4, 0.5) is 17.1 Å². The topological polar surface area (TPSA) is 38.5 Å². The molecule has 0 unspecified atom stereocenters. The van der Waals surface area contributed by atoms with E-state index in [4.69, 9.17) is 14.1 Å². The number of rotatable bonds is 8. The molecule has 0 aliphatic carbocycles. The van der Waals surface area contributed by atoms with Gasteiger partial charge in [0.25, 0.3) is 0 Å². The minimum atomic E-state index is 0.564. The maximum absolute atomic E-state index is 6.69. The Morgan fingerprint density at radius 1 is 0.400 bits per heavy atom. The van der Waals surface area contributed by atoms with E-state index in [0.717, 1.165) is 50.2 Å². The van der Waals surface area contributed by atoms with Gasteiger partial charge in [0, 0.05) is 28.7 Å². The summed E-state index contributed by atoms with van der Waals surface area (Å²) >= 11 is 0. The van der Waals surface area contributed by atoms with Crippen LogP contribution in [-0.4, -0.2) is 4.98 Å². The van der Waals surface area contributed by atoms with Crippen LogP contribution in [0.5, 0.6) is 11.5 Å². The third kappa shape index (κ3) is 6.36. The number of aromatic nitrogens is 1. The highest BCUT2D eigenvalue weighted by Gasteiger charge is 2.17. The van der Waals surface area contributed by atoms with Gasteiger partial charge in [-0.05, 0) is 111 Å². The third-order valence-corrected chi connectivity index (χ3v) is 10.1. The van der Waals surface area contributed by atoms with Crippen molar-refractivity contribution in [3.63, 3.8) is 0 Å². The van der Waals surface area contributed by atoms with Crippen molar-refractivity contribution < 1.29 is 9.15 Å². The Labute approximate surface area is 319 Å². The summed E-state index contributed by atoms with van der Waals surface area (Å²) in [6.45, 7) is 0. The maximum Gasteiger partial charge on any atom is 0.228 e. The molecular formula is C51H34N2O2. The summed E-state index contributed by atoms with van der Waals surface area (Å²) in [6, 6.07) is 71.6. The van der Waals surface area contributed by atoms with Crippen LogP contribution < -0.4 is 9.64 Å². The second-order valence-corrected chi connectivity index (χ2v) is 13.6. The van der Waals surface area contributed by atoms with E-state index in [-0.39, 0.29) is 0 Å². The molecule has 4 nitrogen and oxygen atoms in total. The molecule has 0 radical (unpaired) electrons. The fraction of sp³-hybridized carbons (Fsp3) is 0. The van der Waals surface area contributed by atoms with Crippen LogP contribution in [0.2, 0.25) is 0 Å². The molecule has 0 fully saturated rings. The summed E-state index contributed by atoms with van der Waals surface area (Å²) in [5, 5.41) is 4.44. The first-order chi connectivity index (χ1) is 27.2. The van der Waals surface area contributed by atoms with Crippen molar-refractivity contribution in [3.05, 3.63) is 206 Å². The lowest BCUT2D eigenvalue weighted by molar-refractivity contribution is 0.483. The van der Waals surface area contributed by atoms with Crippen molar-refractivity contribution >= 4 is 49.7 Å². The fourth-order valence-corrected chi connectivity index (χ4v) is 7.39. The summed E-state index contributed by atoms with van der Waals surface area (Å²) in [5.74, 6) is 1.98. The highest BCUT2D eigenvalue weighted by molar-refractivity contribution is 5.97. The Hall–Kier alpha value is -7.43. The van der Waals surface area contributed by atoms with Gasteiger partial charge in [-0.25, -0.2) is 4.98 Å². The number of anilines is 3. The minimum absolute atomic E-state index is 0.564. The zero-order valence-corrected chi connectivity index (χ0v) is 29.8. The number of benzene rings is 9. The molecule has 0 atom stereocenters. The lowest BCUT2D eigenvalue weighted by Crippen LogP contribution is -2.10. The first-order valence-corrected chi connectivity index (χ1v) is 18.4. The number of fused-ring (bicyclic) bond motifs is 3. The zero-order valence-electron chi connectivity index (χ0n) is 29.8. The monoisotopic (exact) mass is 706 g/mol. The molecule has 10 aromatic rings. The van der Waals surface area contributed by atoms with E-state index in [1.807, 2.05) is 60.7 Å². The van der Waals surface area contributed by atoms with E-state index < -0.39 is 0 Å². The van der Waals surface area contributed by atoms with E-state index in [2.05, 4.69) is 150 Å². The zero-order chi connectivity index (χ0) is 36.6. The fourth-order valence-electron chi connectivity index (χ4n) is 7.39. The largest absolute Gasteiger partial charge is 0.457 e. The van der Waals surface area contributed by atoms with E-state index in [9.17, 15) is 0 Å². The summed E-state index contributed by atoms with van der Waals surface area (Å²) in [5.41, 5.74) is 10.3. The number of oxazole rings is 1. The van der Waals surface area contributed by atoms with Crippen molar-refractivity contribution in [1.29, 1.82) is 0 Å². The normalized spacial score (nSPS) is 11.3. The molecule has 0 aliphatic heterocycles. The molecule has 9 aromatic carbocycles. The molecule has 0 aliphatic rings. The molecule has 0 N–H and O–H groups in total. The van der Waals surface area contributed by atoms with Gasteiger partial charge in [0.15, 0.2) is 5.58 Å². The lowest BCUT2D eigenvalue weighted by Gasteiger charge is -2.26. The SMILES string of the molecule is c1ccc(-c2ccc(N(c3cccc(Oc4cc(-c5nc6ccccc6o5)c5ccccc5c4)c3)c3ccc4cc(-c5ccccc5)ccc4c3)cc2)cc1. The first-order valence-electron chi connectivity index (χ1n) is 18.4. The lowest BCUT2D eigenvalue weighted by atomic mass is 10.0. The highest BCUT2D eigenvalue weighted by atomic mass is 16.5. The Bertz CT molecular complexity index is 2920. The van der Waals surface area contributed by atoms with Gasteiger partial charge in [-0.15, -0.1) is 0 Å². The molecule has 260 valence electrons. The third-order valence-electron chi connectivity index (χ3n) is 10.1. The second kappa shape index (κ2) is 13.8. The number of para-hydroxylation sites is 2. The highest BCUT2D eigenvalue weighted by Crippen LogP contribution is 2.41. The number of ether oxygens (including phenoxy) is 1. The maximum atomic E-state index is 6.69. The summed E-state index contributed by atoms with van der Waals surface area (Å²) < 4.78 is 12.9. The Kier molecular flexibility index (Phi) is 8.12. The van der Waals surface area contributed by atoms with Crippen LogP contribution in [-0.2, 0) is 0 Å². The Morgan fingerprint density at radius 2 is 1.04 bits per heavy atom. The number of hydrogen-bond acceptors (Lipinski definition) is 4. The Balaban J connectivity index is 1.04. The molecule has 4 heteroatoms. The molecule has 0 saturated heterocycles. The van der Waals surface area contributed by atoms with Gasteiger partial charge in [0.1, 0.15) is 17.0 Å². The van der Waals surface area contributed by atoms with Gasteiger partial charge < -0.3 is 14.1 Å². The van der Waals surface area contributed by atoms with Crippen molar-refractivity contribution in [2.75, 3.05) is 4.90 Å². The van der Waals surface area contributed by atoms with Gasteiger partial charge in [0.05, 0.1) is 0 Å². The van der Waals surface area contributed by atoms with Crippen LogP contribution in [0.25, 0.3) is 66.4 Å². The van der Waals surface area contributed by atoms with E-state index in [1.165, 1.54) is 33.0 Å². The van der Waals surface area contributed by atoms with E-state index >= 15 is 0 Å². The van der Waals surface area contributed by atoms with Crippen molar-refractivity contribution in [2.24, 2.45) is 0 Å². The van der Waals surface area contributed by atoms with Crippen molar-refractivity contribution in [2.45, 2.75) is 0 Å². The van der Waals surface area contributed by atoms with Gasteiger partial charge in [-0.1, -0.05) is 133 Å². The predicted molar refractivity (Wildman–Crippen MR) is 227 cm³/mol. The molecule has 0 amide bonds. The number of nitrogens with zero attached hydrogens (tertiary/aromatic N) is 2. The van der Waals surface area contributed by atoms with Crippen LogP contribution in [0.3, 0.4) is 0 Å². The molecule has 0 saturated carbocycles. The van der Waals surface area contributed by atoms with Crippen LogP contribution in [0, 0.1) is 0 Å². The molecule has 0 bridgehead atoms. The van der Waals surface area contributed by atoms with Crippen molar-refractivity contribution in [1.82, 2.24) is 4.98 Å². The molecule has 1 aromatic heterocycles. The smallest absolute Gasteiger partial charge is 0.228 e. The standard InChI is InChI=1S/C51H34N2O2/c1-3-12-35(13-4-1)37-24-27-42(28-25-37)53(44-29-26-39-30-38(22-23-40(39)31-44)36-14-5-2-6-15-36)43-17-11-18-45(33-43)54-46-32-41-16-7-8-19-47(41)48(34-46)51-52-49-20-9-10-21-50(49)55-51/h1-34H. The van der Waals surface area contributed by atoms with Gasteiger partial charge in [0.2, 0.25) is 5.89 Å². The van der Waals surface area contributed by atoms with E-state index in [1.54, 1.807) is 0 Å². The quantitative estimate of drug-likeness (QED) is 0.158. The second-order valence-electron chi connectivity index (χ2n) is 13.6. The molecule has 0 spiro atoms. The molecule has 10 rings (SSSR count). The first kappa shape index (κ1) is 32.2. The molecule has 55 heavy (non-hydrogen) atoms. The number of hydrogen-bond donors (Lipinski definition) is 0. The average molecular weight is 707 g/mol. The van der Waals surface area contributed by atoms with Crippen molar-refractivity contribution in [3.8, 4) is 45.2 Å². The summed E-state index contributed by atoms with van der Waals surface area (Å²) in [7, 11) is 0. The minimum Gasteiger partial charge on any atom is -0.457 e.